The Hall–Kier alpha value is -1.32. The average molecular weight is 1120 g/mol. The molecule has 0 spiro atoms. The zero-order valence-electron chi connectivity index (χ0n) is 40.9. The van der Waals surface area contributed by atoms with Crippen LogP contribution in [0.1, 0.15) is 20.3 Å². The van der Waals surface area contributed by atoms with Crippen molar-refractivity contribution in [3.05, 3.63) is 0 Å². The molecule has 76 heavy (non-hydrogen) atoms. The van der Waals surface area contributed by atoms with E-state index in [1.165, 1.54) is 13.8 Å². The van der Waals surface area contributed by atoms with Crippen LogP contribution in [0.15, 0.2) is 0 Å². The lowest BCUT2D eigenvalue weighted by atomic mass is 9.95. The summed E-state index contributed by atoms with van der Waals surface area (Å²) in [6.07, 6.45) is -60.5. The lowest BCUT2D eigenvalue weighted by molar-refractivity contribution is -0.434. The van der Waals surface area contributed by atoms with Gasteiger partial charge in [-0.2, -0.15) is 0 Å². The first-order valence-electron chi connectivity index (χ1n) is 24.8. The molecule has 0 saturated carbocycles. The molecule has 16 saturated heterocycles. The van der Waals surface area contributed by atoms with Crippen LogP contribution in [0.4, 0.5) is 0 Å². The first-order valence-corrected chi connectivity index (χ1v) is 24.8. The van der Waals surface area contributed by atoms with Gasteiger partial charge in [-0.15, -0.1) is 0 Å². The zero-order valence-corrected chi connectivity index (χ0v) is 40.9. The van der Waals surface area contributed by atoms with Crippen LogP contribution < -0.4 is 0 Å². The highest BCUT2D eigenvalue weighted by molar-refractivity contribution is 4.99. The Kier molecular flexibility index (Phi) is 22.3. The highest BCUT2D eigenvalue weighted by Gasteiger charge is 2.57. The van der Waals surface area contributed by atoms with Crippen molar-refractivity contribution in [1.82, 2.24) is 0 Å². The Balaban J connectivity index is 1.18. The number of aliphatic hydroxyl groups is 19. The maximum atomic E-state index is 11.4. The molecule has 0 aromatic rings. The number of rotatable bonds is 9. The van der Waals surface area contributed by atoms with Gasteiger partial charge in [-0.1, -0.05) is 13.8 Å². The van der Waals surface area contributed by atoms with E-state index in [0.717, 1.165) is 0 Å². The SMILES string of the molecule is CC(C)C(O)[C@@H]1O[C@H]2OC(CO)[C@@H](O[C@H]3OC(CO)[C@H](C[C@@H]3O)O[C@H]3OC(CO)[C@H](O[C@H]4OC(CO)[C@@H](O[C@H]5OC(CO)[C@@H](O[C@H]6OC(CO)[C@@H](OOC1CO)C(O)[C@@H]6O)[C@H](O)C5O)[C@H](O)C4O)[C@H](O)C3O)C(O)[C@@H]2O. The van der Waals surface area contributed by atoms with E-state index in [1.807, 2.05) is 0 Å². The van der Waals surface area contributed by atoms with Gasteiger partial charge in [-0.3, -0.25) is 0 Å². The summed E-state index contributed by atoms with van der Waals surface area (Å²) in [7, 11) is 0. The summed E-state index contributed by atoms with van der Waals surface area (Å²) < 4.78 is 69.0. The van der Waals surface area contributed by atoms with E-state index in [1.54, 1.807) is 0 Å². The number of ether oxygens (including phenoxy) is 12. The third-order valence-corrected chi connectivity index (χ3v) is 14.4. The lowest BCUT2D eigenvalue weighted by Gasteiger charge is -2.49. The van der Waals surface area contributed by atoms with Crippen LogP contribution in [-0.2, 0) is 66.6 Å². The van der Waals surface area contributed by atoms with Crippen LogP contribution in [0.3, 0.4) is 0 Å². The second kappa shape index (κ2) is 27.2. The van der Waals surface area contributed by atoms with Crippen LogP contribution in [-0.4, -0.2) is 340 Å². The minimum Gasteiger partial charge on any atom is -0.394 e. The van der Waals surface area contributed by atoms with Gasteiger partial charge in [0.15, 0.2) is 37.7 Å². The lowest BCUT2D eigenvalue weighted by Crippen LogP contribution is -2.68. The van der Waals surface area contributed by atoms with E-state index in [9.17, 15) is 97.0 Å². The second-order valence-corrected chi connectivity index (χ2v) is 19.9. The summed E-state index contributed by atoms with van der Waals surface area (Å²) in [6.45, 7) is -3.88. The van der Waals surface area contributed by atoms with E-state index in [-0.39, 0.29) is 0 Å². The fourth-order valence-electron chi connectivity index (χ4n) is 9.93. The van der Waals surface area contributed by atoms with Crippen LogP contribution in [0.25, 0.3) is 0 Å². The molecule has 0 radical (unpaired) electrons. The maximum absolute atomic E-state index is 11.4. The third kappa shape index (κ3) is 13.0. The predicted octanol–water partition coefficient (Wildman–Crippen LogP) is -12.3. The first kappa shape index (κ1) is 62.3. The quantitative estimate of drug-likeness (QED) is 0.0953. The molecule has 444 valence electrons. The third-order valence-electron chi connectivity index (χ3n) is 14.4. The molecule has 13 unspecified atom stereocenters. The van der Waals surface area contributed by atoms with Crippen LogP contribution in [0, 0.1) is 5.92 Å². The molecule has 16 rings (SSSR count). The topological polar surface area (TPSA) is 514 Å². The van der Waals surface area contributed by atoms with Gasteiger partial charge in [-0.25, -0.2) is 9.78 Å². The van der Waals surface area contributed by atoms with Crippen molar-refractivity contribution in [3.8, 4) is 0 Å². The maximum Gasteiger partial charge on any atom is 0.187 e. The largest absolute Gasteiger partial charge is 0.394 e. The number of aliphatic hydroxyl groups excluding tert-OH is 19. The standard InChI is InChI=1S/C43H74O33/c1-11(2)21(52)36-20(10-50)75-76-37-19(9-49)69-43(31(62)26(37)57)73-35-18(8-48)68-41(30(61)25(35)56)72-34-17(7-47)67-40(29(60)24(34)55)71-33-16(6-46)65-39(27(58)22(33)53)63-13-3-12(51)38(64-14(13)4-44)70-32-15(5-45)66-42(74-36)28(59)23(32)54/h11-62H,3-10H2,1-2H3/t12-,13-,14?,15?,16?,17?,18?,19?,20?,21?,22+,23?,24+,25+,26?,27?,28-,29?,30?,31-,32+,33-,34+,35+,36+,37+,38+,39-,40+,41+,42+,43+/m0/s1. The van der Waals surface area contributed by atoms with Gasteiger partial charge in [0.05, 0.1) is 58.5 Å². The molecule has 0 aromatic heterocycles. The van der Waals surface area contributed by atoms with Gasteiger partial charge >= 0.3 is 0 Å². The zero-order chi connectivity index (χ0) is 55.6. The fourth-order valence-corrected chi connectivity index (χ4v) is 9.93. The van der Waals surface area contributed by atoms with Crippen molar-refractivity contribution in [2.75, 3.05) is 46.2 Å². The number of hydrogen-bond donors (Lipinski definition) is 19. The smallest absolute Gasteiger partial charge is 0.187 e. The molecular formula is C43H74O33. The van der Waals surface area contributed by atoms with E-state index in [4.69, 9.17) is 66.6 Å². The Labute approximate surface area is 432 Å². The van der Waals surface area contributed by atoms with Gasteiger partial charge in [0, 0.05) is 6.42 Å². The summed E-state index contributed by atoms with van der Waals surface area (Å²) in [5.41, 5.74) is 0. The summed E-state index contributed by atoms with van der Waals surface area (Å²) in [6, 6.07) is 0. The molecule has 33 nitrogen and oxygen atoms in total. The van der Waals surface area contributed by atoms with E-state index in [2.05, 4.69) is 0 Å². The van der Waals surface area contributed by atoms with Crippen LogP contribution >= 0.6 is 0 Å². The molecule has 16 heterocycles. The highest BCUT2D eigenvalue weighted by Crippen LogP contribution is 2.38. The van der Waals surface area contributed by atoms with E-state index >= 15 is 0 Å². The minimum absolute atomic E-state index is 0.491. The normalized spacial score (nSPS) is 51.8. The van der Waals surface area contributed by atoms with E-state index in [0.29, 0.717) is 0 Å². The van der Waals surface area contributed by atoms with Crippen molar-refractivity contribution >= 4 is 0 Å². The Bertz CT molecular complexity index is 1740. The molecule has 16 aliphatic rings. The van der Waals surface area contributed by atoms with Gasteiger partial charge < -0.3 is 154 Å². The van der Waals surface area contributed by atoms with E-state index < -0.39 is 255 Å². The summed E-state index contributed by atoms with van der Waals surface area (Å²) in [4.78, 5) is 10.8. The Morgan fingerprint density at radius 1 is 0.316 bits per heavy atom. The Morgan fingerprint density at radius 2 is 0.605 bits per heavy atom. The number of hydrogen-bond acceptors (Lipinski definition) is 33. The van der Waals surface area contributed by atoms with Crippen molar-refractivity contribution < 1.29 is 164 Å². The molecule has 32 atom stereocenters. The highest BCUT2D eigenvalue weighted by atomic mass is 17.2. The van der Waals surface area contributed by atoms with Crippen LogP contribution in [0.5, 0.6) is 0 Å². The second-order valence-electron chi connectivity index (χ2n) is 19.9. The molecule has 33 heteroatoms. The molecule has 0 aliphatic carbocycles. The van der Waals surface area contributed by atoms with Crippen molar-refractivity contribution in [1.29, 1.82) is 0 Å². The minimum atomic E-state index is -2.18. The molecule has 0 amide bonds. The van der Waals surface area contributed by atoms with Gasteiger partial charge in [0.1, 0.15) is 146 Å². The molecule has 16 fully saturated rings. The van der Waals surface area contributed by atoms with Crippen molar-refractivity contribution in [2.45, 2.75) is 217 Å². The monoisotopic (exact) mass is 1120 g/mol. The summed E-state index contributed by atoms with van der Waals surface area (Å²) in [5.74, 6) is -0.724. The average Bonchev–Trinajstić information content (AvgIpc) is 3.42. The summed E-state index contributed by atoms with van der Waals surface area (Å²) in [5, 5.41) is 208. The molecule has 16 aliphatic heterocycles. The van der Waals surface area contributed by atoms with Gasteiger partial charge in [0.2, 0.25) is 0 Å². The molecule has 19 N–H and O–H groups in total. The molecular weight excluding hydrogens is 1040 g/mol. The van der Waals surface area contributed by atoms with Gasteiger partial charge in [-0.05, 0) is 5.92 Å². The van der Waals surface area contributed by atoms with Gasteiger partial charge in [0.25, 0.3) is 0 Å². The van der Waals surface area contributed by atoms with Crippen molar-refractivity contribution in [2.24, 2.45) is 5.92 Å². The summed E-state index contributed by atoms with van der Waals surface area (Å²) >= 11 is 0. The first-order chi connectivity index (χ1) is 36.2. The molecule has 12 bridgehead atoms. The Morgan fingerprint density at radius 3 is 0.947 bits per heavy atom. The molecule has 0 aromatic carbocycles. The van der Waals surface area contributed by atoms with Crippen molar-refractivity contribution in [3.63, 3.8) is 0 Å². The fraction of sp³-hybridized carbons (Fsp3) is 1.00. The predicted molar refractivity (Wildman–Crippen MR) is 232 cm³/mol. The van der Waals surface area contributed by atoms with Crippen LogP contribution in [0.2, 0.25) is 0 Å².